The number of carbonyl (C=O) groups is 2. The second-order valence-corrected chi connectivity index (χ2v) is 4.95. The molecule has 1 amide bonds. The van der Waals surface area contributed by atoms with Crippen LogP contribution in [0.4, 0.5) is 10.1 Å². The van der Waals surface area contributed by atoms with Crippen molar-refractivity contribution in [1.82, 2.24) is 5.32 Å². The van der Waals surface area contributed by atoms with E-state index in [-0.39, 0.29) is 17.3 Å². The van der Waals surface area contributed by atoms with Gasteiger partial charge >= 0.3 is 5.97 Å². The second kappa shape index (κ2) is 6.67. The molecule has 5 nitrogen and oxygen atoms in total. The highest BCUT2D eigenvalue weighted by Crippen LogP contribution is 2.18. The first-order valence-electron chi connectivity index (χ1n) is 6.02. The van der Waals surface area contributed by atoms with Gasteiger partial charge in [-0.2, -0.15) is 0 Å². The van der Waals surface area contributed by atoms with Gasteiger partial charge in [-0.25, -0.2) is 4.39 Å². The van der Waals surface area contributed by atoms with E-state index in [1.807, 2.05) is 0 Å². The van der Waals surface area contributed by atoms with Crippen molar-refractivity contribution in [1.29, 1.82) is 0 Å². The Morgan fingerprint density at radius 3 is 2.60 bits per heavy atom. The third kappa shape index (κ3) is 4.18. The SMILES string of the molecule is CCC(C)(NCC(=O)Nc1ccc(Cl)cc1F)C(=O)O. The van der Waals surface area contributed by atoms with Gasteiger partial charge in [0.05, 0.1) is 12.2 Å². The number of benzene rings is 1. The zero-order chi connectivity index (χ0) is 15.3. The summed E-state index contributed by atoms with van der Waals surface area (Å²) in [6.07, 6.45) is 0.310. The Bertz CT molecular complexity index is 524. The second-order valence-electron chi connectivity index (χ2n) is 4.52. The number of halogens is 2. The summed E-state index contributed by atoms with van der Waals surface area (Å²) in [7, 11) is 0. The molecule has 3 N–H and O–H groups in total. The summed E-state index contributed by atoms with van der Waals surface area (Å²) in [6, 6.07) is 3.87. The van der Waals surface area contributed by atoms with Gasteiger partial charge in [0.2, 0.25) is 5.91 Å². The lowest BCUT2D eigenvalue weighted by Gasteiger charge is -2.24. The van der Waals surface area contributed by atoms with Crippen LogP contribution in [0.15, 0.2) is 18.2 Å². The first-order chi connectivity index (χ1) is 9.28. The first-order valence-corrected chi connectivity index (χ1v) is 6.39. The van der Waals surface area contributed by atoms with Crippen molar-refractivity contribution < 1.29 is 19.1 Å². The van der Waals surface area contributed by atoms with Crippen molar-refractivity contribution >= 4 is 29.2 Å². The van der Waals surface area contributed by atoms with E-state index in [2.05, 4.69) is 10.6 Å². The highest BCUT2D eigenvalue weighted by atomic mass is 35.5. The molecule has 0 bridgehead atoms. The van der Waals surface area contributed by atoms with Crippen molar-refractivity contribution in [3.8, 4) is 0 Å². The van der Waals surface area contributed by atoms with Crippen LogP contribution in [0.1, 0.15) is 20.3 Å². The average Bonchev–Trinajstić information content (AvgIpc) is 2.39. The van der Waals surface area contributed by atoms with Crippen LogP contribution in [0, 0.1) is 5.82 Å². The molecular formula is C13H16ClFN2O3. The van der Waals surface area contributed by atoms with Gasteiger partial charge in [-0.1, -0.05) is 18.5 Å². The molecule has 0 saturated carbocycles. The number of hydrogen-bond acceptors (Lipinski definition) is 3. The number of nitrogens with one attached hydrogen (secondary N) is 2. The highest BCUT2D eigenvalue weighted by molar-refractivity contribution is 6.30. The summed E-state index contributed by atoms with van der Waals surface area (Å²) in [4.78, 5) is 22.7. The maximum Gasteiger partial charge on any atom is 0.323 e. The van der Waals surface area contributed by atoms with Gasteiger partial charge in [0.15, 0.2) is 0 Å². The average molecular weight is 303 g/mol. The molecule has 1 unspecified atom stereocenters. The van der Waals surface area contributed by atoms with Gasteiger partial charge in [0, 0.05) is 5.02 Å². The van der Waals surface area contributed by atoms with Crippen LogP contribution in [-0.2, 0) is 9.59 Å². The maximum atomic E-state index is 13.5. The third-order valence-electron chi connectivity index (χ3n) is 3.02. The van der Waals surface area contributed by atoms with Crippen LogP contribution < -0.4 is 10.6 Å². The summed E-state index contributed by atoms with van der Waals surface area (Å²) in [5, 5.41) is 14.2. The third-order valence-corrected chi connectivity index (χ3v) is 3.26. The number of amides is 1. The molecule has 1 aromatic carbocycles. The van der Waals surface area contributed by atoms with E-state index in [9.17, 15) is 14.0 Å². The topological polar surface area (TPSA) is 78.4 Å². The lowest BCUT2D eigenvalue weighted by Crippen LogP contribution is -2.51. The number of carboxylic acid groups (broad SMARTS) is 1. The Balaban J connectivity index is 2.62. The monoisotopic (exact) mass is 302 g/mol. The largest absolute Gasteiger partial charge is 0.480 e. The minimum atomic E-state index is -1.20. The van der Waals surface area contributed by atoms with Crippen molar-refractivity contribution in [3.05, 3.63) is 29.0 Å². The fraction of sp³-hybridized carbons (Fsp3) is 0.385. The fourth-order valence-corrected chi connectivity index (χ4v) is 1.57. The predicted molar refractivity (Wildman–Crippen MR) is 74.4 cm³/mol. The van der Waals surface area contributed by atoms with Crippen molar-refractivity contribution in [2.24, 2.45) is 0 Å². The zero-order valence-electron chi connectivity index (χ0n) is 11.2. The molecule has 0 fully saturated rings. The molecule has 0 aliphatic heterocycles. The molecule has 0 aliphatic rings. The molecule has 1 atom stereocenters. The molecule has 20 heavy (non-hydrogen) atoms. The molecule has 1 rings (SSSR count). The molecule has 0 spiro atoms. The van der Waals surface area contributed by atoms with Gasteiger partial charge in [-0.15, -0.1) is 0 Å². The zero-order valence-corrected chi connectivity index (χ0v) is 11.9. The lowest BCUT2D eigenvalue weighted by atomic mass is 9.99. The Morgan fingerprint density at radius 1 is 1.45 bits per heavy atom. The molecule has 0 radical (unpaired) electrons. The molecule has 1 aromatic rings. The first kappa shape index (κ1) is 16.4. The normalized spacial score (nSPS) is 13.6. The smallest absolute Gasteiger partial charge is 0.323 e. The highest BCUT2D eigenvalue weighted by Gasteiger charge is 2.30. The van der Waals surface area contributed by atoms with Crippen molar-refractivity contribution in [2.75, 3.05) is 11.9 Å². The minimum Gasteiger partial charge on any atom is -0.480 e. The molecular weight excluding hydrogens is 287 g/mol. The summed E-state index contributed by atoms with van der Waals surface area (Å²) in [6.45, 7) is 2.93. The van der Waals surface area contributed by atoms with Gasteiger partial charge < -0.3 is 10.4 Å². The van der Waals surface area contributed by atoms with Crippen LogP contribution in [0.2, 0.25) is 5.02 Å². The van der Waals surface area contributed by atoms with Crippen LogP contribution in [0.5, 0.6) is 0 Å². The van der Waals surface area contributed by atoms with Crippen LogP contribution >= 0.6 is 11.6 Å². The Kier molecular flexibility index (Phi) is 5.47. The summed E-state index contributed by atoms with van der Waals surface area (Å²) >= 11 is 5.60. The van der Waals surface area contributed by atoms with Gasteiger partial charge in [0.25, 0.3) is 0 Å². The molecule has 7 heteroatoms. The summed E-state index contributed by atoms with van der Waals surface area (Å²) < 4.78 is 13.5. The summed E-state index contributed by atoms with van der Waals surface area (Å²) in [5.74, 6) is -2.24. The Hall–Kier alpha value is -1.66. The lowest BCUT2D eigenvalue weighted by molar-refractivity contribution is -0.144. The van der Waals surface area contributed by atoms with E-state index < -0.39 is 23.2 Å². The Labute approximate surface area is 121 Å². The van der Waals surface area contributed by atoms with E-state index in [4.69, 9.17) is 16.7 Å². The van der Waals surface area contributed by atoms with Crippen LogP contribution in [0.3, 0.4) is 0 Å². The van der Waals surface area contributed by atoms with E-state index >= 15 is 0 Å². The fourth-order valence-electron chi connectivity index (χ4n) is 1.41. The number of carbonyl (C=O) groups excluding carboxylic acids is 1. The molecule has 0 heterocycles. The van der Waals surface area contributed by atoms with Crippen molar-refractivity contribution in [2.45, 2.75) is 25.8 Å². The number of aliphatic carboxylic acids is 1. The van der Waals surface area contributed by atoms with E-state index in [0.717, 1.165) is 6.07 Å². The van der Waals surface area contributed by atoms with E-state index in [0.29, 0.717) is 6.42 Å². The van der Waals surface area contributed by atoms with E-state index in [1.54, 1.807) is 6.92 Å². The van der Waals surface area contributed by atoms with Gasteiger partial charge in [-0.3, -0.25) is 14.9 Å². The predicted octanol–water partition coefficient (Wildman–Crippen LogP) is 2.26. The number of rotatable bonds is 6. The number of hydrogen-bond donors (Lipinski definition) is 3. The van der Waals surface area contributed by atoms with Crippen molar-refractivity contribution in [3.63, 3.8) is 0 Å². The molecule has 0 aliphatic carbocycles. The minimum absolute atomic E-state index is 0.00488. The number of carboxylic acids is 1. The number of anilines is 1. The Morgan fingerprint density at radius 2 is 2.10 bits per heavy atom. The van der Waals surface area contributed by atoms with Crippen LogP contribution in [0.25, 0.3) is 0 Å². The van der Waals surface area contributed by atoms with Gasteiger partial charge in [-0.05, 0) is 31.5 Å². The molecule has 0 saturated heterocycles. The maximum absolute atomic E-state index is 13.5. The molecule has 110 valence electrons. The summed E-state index contributed by atoms with van der Waals surface area (Å²) in [5.41, 5.74) is -1.20. The van der Waals surface area contributed by atoms with E-state index in [1.165, 1.54) is 19.1 Å². The van der Waals surface area contributed by atoms with Gasteiger partial charge in [0.1, 0.15) is 11.4 Å². The standard InChI is InChI=1S/C13H16ClFN2O3/c1-3-13(2,12(19)20)16-7-11(18)17-10-5-4-8(14)6-9(10)15/h4-6,16H,3,7H2,1-2H3,(H,17,18)(H,19,20). The quantitative estimate of drug-likeness (QED) is 0.753. The molecule has 0 aromatic heterocycles. The van der Waals surface area contributed by atoms with Crippen LogP contribution in [-0.4, -0.2) is 29.1 Å².